The van der Waals surface area contributed by atoms with Gasteiger partial charge in [-0.3, -0.25) is 9.59 Å². The van der Waals surface area contributed by atoms with E-state index in [-0.39, 0.29) is 11.7 Å². The Bertz CT molecular complexity index is 432. The van der Waals surface area contributed by atoms with Gasteiger partial charge in [0.2, 0.25) is 5.91 Å². The van der Waals surface area contributed by atoms with Crippen LogP contribution in [0.5, 0.6) is 0 Å². The molecule has 0 saturated carbocycles. The van der Waals surface area contributed by atoms with Gasteiger partial charge in [-0.25, -0.2) is 0 Å². The molecule has 1 amide bonds. The van der Waals surface area contributed by atoms with Crippen molar-refractivity contribution in [3.05, 3.63) is 35.9 Å². The topological polar surface area (TPSA) is 46.2 Å². The molecule has 0 bridgehead atoms. The number of carbonyl (C=O) groups is 2. The van der Waals surface area contributed by atoms with Crippen molar-refractivity contribution >= 4 is 11.7 Å². The number of hydrogen-bond donors (Lipinski definition) is 1. The van der Waals surface area contributed by atoms with Gasteiger partial charge in [-0.2, -0.15) is 0 Å². The van der Waals surface area contributed by atoms with Gasteiger partial charge in [-0.05, 0) is 12.0 Å². The minimum Gasteiger partial charge on any atom is -0.346 e. The molecule has 3 nitrogen and oxygen atoms in total. The number of ketones is 1. The quantitative estimate of drug-likeness (QED) is 0.886. The van der Waals surface area contributed by atoms with Crippen molar-refractivity contribution in [1.29, 1.82) is 0 Å². The fraction of sp³-hybridized carbons (Fsp3) is 0.500. The number of nitrogens with one attached hydrogen (secondary N) is 1. The second-order valence-electron chi connectivity index (χ2n) is 5.78. The van der Waals surface area contributed by atoms with Crippen LogP contribution in [0.4, 0.5) is 0 Å². The van der Waals surface area contributed by atoms with Crippen molar-refractivity contribution < 1.29 is 9.59 Å². The second kappa shape index (κ2) is 6.50. The average molecular weight is 261 g/mol. The highest BCUT2D eigenvalue weighted by molar-refractivity contribution is 5.92. The van der Waals surface area contributed by atoms with Crippen molar-refractivity contribution in [2.45, 2.75) is 46.6 Å². The Morgan fingerprint density at radius 3 is 2.21 bits per heavy atom. The third-order valence-corrected chi connectivity index (χ3v) is 2.99. The van der Waals surface area contributed by atoms with Crippen LogP contribution in [0.3, 0.4) is 0 Å². The van der Waals surface area contributed by atoms with Crippen molar-refractivity contribution in [3.63, 3.8) is 0 Å². The van der Waals surface area contributed by atoms with Crippen LogP contribution < -0.4 is 5.32 Å². The molecule has 1 rings (SSSR count). The van der Waals surface area contributed by atoms with Crippen molar-refractivity contribution in [1.82, 2.24) is 5.32 Å². The molecule has 0 saturated heterocycles. The van der Waals surface area contributed by atoms with Gasteiger partial charge in [0.25, 0.3) is 0 Å². The van der Waals surface area contributed by atoms with Gasteiger partial charge in [-0.1, -0.05) is 58.0 Å². The highest BCUT2D eigenvalue weighted by atomic mass is 16.2. The maximum atomic E-state index is 12.4. The Labute approximate surface area is 115 Å². The highest BCUT2D eigenvalue weighted by Gasteiger charge is 2.30. The predicted molar refractivity (Wildman–Crippen MR) is 76.8 cm³/mol. The van der Waals surface area contributed by atoms with Crippen LogP contribution in [-0.4, -0.2) is 17.7 Å². The molecule has 0 aliphatic carbocycles. The number of benzene rings is 1. The molecule has 0 aliphatic rings. The van der Waals surface area contributed by atoms with E-state index < -0.39 is 11.5 Å². The summed E-state index contributed by atoms with van der Waals surface area (Å²) in [5, 5.41) is 2.83. The van der Waals surface area contributed by atoms with Crippen molar-refractivity contribution in [2.75, 3.05) is 0 Å². The Morgan fingerprint density at radius 1 is 1.16 bits per heavy atom. The van der Waals surface area contributed by atoms with Crippen LogP contribution in [0.15, 0.2) is 30.3 Å². The normalized spacial score (nSPS) is 12.8. The highest BCUT2D eigenvalue weighted by Crippen LogP contribution is 2.19. The molecule has 19 heavy (non-hydrogen) atoms. The summed E-state index contributed by atoms with van der Waals surface area (Å²) >= 11 is 0. The Balaban J connectivity index is 2.87. The number of Topliss-reactive ketones (excluding diaryl/α,β-unsaturated/α-hetero) is 1. The van der Waals surface area contributed by atoms with E-state index in [1.807, 2.05) is 51.1 Å². The van der Waals surface area contributed by atoms with Crippen LogP contribution in [-0.2, 0) is 16.0 Å². The number of amides is 1. The average Bonchev–Trinajstić information content (AvgIpc) is 2.37. The summed E-state index contributed by atoms with van der Waals surface area (Å²) in [7, 11) is 0. The second-order valence-corrected chi connectivity index (χ2v) is 5.78. The maximum Gasteiger partial charge on any atom is 0.220 e. The molecule has 3 heteroatoms. The van der Waals surface area contributed by atoms with Gasteiger partial charge in [0.15, 0.2) is 5.78 Å². The zero-order valence-electron chi connectivity index (χ0n) is 12.2. The third kappa shape index (κ3) is 4.86. The van der Waals surface area contributed by atoms with Crippen LogP contribution in [0.25, 0.3) is 0 Å². The SMILES string of the molecule is CCC(=O)N[C@H](Cc1ccccc1)C(=O)C(C)(C)C. The number of rotatable bonds is 5. The van der Waals surface area contributed by atoms with E-state index in [1.165, 1.54) is 0 Å². The molecule has 0 unspecified atom stereocenters. The Hall–Kier alpha value is -1.64. The van der Waals surface area contributed by atoms with E-state index in [1.54, 1.807) is 6.92 Å². The summed E-state index contributed by atoms with van der Waals surface area (Å²) in [4.78, 5) is 24.0. The zero-order chi connectivity index (χ0) is 14.5. The van der Waals surface area contributed by atoms with E-state index in [0.717, 1.165) is 5.56 Å². The molecule has 1 atom stereocenters. The molecule has 0 fully saturated rings. The van der Waals surface area contributed by atoms with Crippen molar-refractivity contribution in [2.24, 2.45) is 5.41 Å². The molecule has 1 aromatic rings. The van der Waals surface area contributed by atoms with Gasteiger partial charge in [-0.15, -0.1) is 0 Å². The van der Waals surface area contributed by atoms with E-state index >= 15 is 0 Å². The molecular formula is C16H23NO2. The summed E-state index contributed by atoms with van der Waals surface area (Å²) in [6.07, 6.45) is 0.936. The lowest BCUT2D eigenvalue weighted by Gasteiger charge is -2.25. The maximum absolute atomic E-state index is 12.4. The molecule has 0 aliphatic heterocycles. The summed E-state index contributed by atoms with van der Waals surface area (Å²) in [5.41, 5.74) is 0.599. The number of hydrogen-bond acceptors (Lipinski definition) is 2. The lowest BCUT2D eigenvalue weighted by Crippen LogP contribution is -2.46. The van der Waals surface area contributed by atoms with E-state index in [9.17, 15) is 9.59 Å². The smallest absolute Gasteiger partial charge is 0.220 e. The summed E-state index contributed by atoms with van der Waals surface area (Å²) in [5.74, 6) is -0.0170. The largest absolute Gasteiger partial charge is 0.346 e. The van der Waals surface area contributed by atoms with Crippen LogP contribution in [0, 0.1) is 5.41 Å². The molecule has 0 radical (unpaired) electrons. The Morgan fingerprint density at radius 2 is 1.74 bits per heavy atom. The molecule has 104 valence electrons. The molecule has 1 N–H and O–H groups in total. The molecule has 0 spiro atoms. The van der Waals surface area contributed by atoms with Gasteiger partial charge < -0.3 is 5.32 Å². The van der Waals surface area contributed by atoms with Gasteiger partial charge in [0.1, 0.15) is 0 Å². The molecule has 1 aromatic carbocycles. The van der Waals surface area contributed by atoms with Gasteiger partial charge in [0, 0.05) is 11.8 Å². The first-order valence-electron chi connectivity index (χ1n) is 6.72. The first-order valence-corrected chi connectivity index (χ1v) is 6.72. The lowest BCUT2D eigenvalue weighted by molar-refractivity contribution is -0.132. The van der Waals surface area contributed by atoms with Crippen LogP contribution >= 0.6 is 0 Å². The molecule has 0 aromatic heterocycles. The third-order valence-electron chi connectivity index (χ3n) is 2.99. The zero-order valence-corrected chi connectivity index (χ0v) is 12.2. The fourth-order valence-electron chi connectivity index (χ4n) is 1.88. The Kier molecular flexibility index (Phi) is 5.28. The number of carbonyl (C=O) groups excluding carboxylic acids is 2. The molecule has 0 heterocycles. The van der Waals surface area contributed by atoms with Crippen molar-refractivity contribution in [3.8, 4) is 0 Å². The standard InChI is InChI=1S/C16H23NO2/c1-5-14(18)17-13(15(19)16(2,3)4)11-12-9-7-6-8-10-12/h6-10,13H,5,11H2,1-4H3,(H,17,18)/t13-/m1/s1. The van der Waals surface area contributed by atoms with E-state index in [4.69, 9.17) is 0 Å². The van der Waals surface area contributed by atoms with Gasteiger partial charge >= 0.3 is 0 Å². The van der Waals surface area contributed by atoms with Crippen LogP contribution in [0.2, 0.25) is 0 Å². The summed E-state index contributed by atoms with van der Waals surface area (Å²) in [6.45, 7) is 7.43. The van der Waals surface area contributed by atoms with Crippen LogP contribution in [0.1, 0.15) is 39.7 Å². The van der Waals surface area contributed by atoms with E-state index in [2.05, 4.69) is 5.32 Å². The van der Waals surface area contributed by atoms with E-state index in [0.29, 0.717) is 12.8 Å². The first-order chi connectivity index (χ1) is 8.84. The summed E-state index contributed by atoms with van der Waals surface area (Å²) in [6, 6.07) is 9.32. The fourth-order valence-corrected chi connectivity index (χ4v) is 1.88. The van der Waals surface area contributed by atoms with Gasteiger partial charge in [0.05, 0.1) is 6.04 Å². The minimum atomic E-state index is -0.458. The first kappa shape index (κ1) is 15.4. The monoisotopic (exact) mass is 261 g/mol. The predicted octanol–water partition coefficient (Wildman–Crippen LogP) is 2.74. The summed E-state index contributed by atoms with van der Waals surface area (Å²) < 4.78 is 0. The lowest BCUT2D eigenvalue weighted by atomic mass is 9.84. The minimum absolute atomic E-state index is 0.0677. The molecular weight excluding hydrogens is 238 g/mol.